The van der Waals surface area contributed by atoms with Crippen LogP contribution in [0.2, 0.25) is 0 Å². The summed E-state index contributed by atoms with van der Waals surface area (Å²) in [6.45, 7) is 2.18. The number of hydrogen-bond acceptors (Lipinski definition) is 5. The third-order valence-corrected chi connectivity index (χ3v) is 6.16. The molecule has 1 unspecified atom stereocenters. The van der Waals surface area contributed by atoms with Crippen LogP contribution in [0.5, 0.6) is 11.5 Å². The lowest BCUT2D eigenvalue weighted by Crippen LogP contribution is -2.22. The van der Waals surface area contributed by atoms with Crippen LogP contribution in [0, 0.1) is 0 Å². The van der Waals surface area contributed by atoms with Crippen LogP contribution < -0.4 is 9.47 Å². The van der Waals surface area contributed by atoms with Gasteiger partial charge in [0.1, 0.15) is 11.5 Å². The highest BCUT2D eigenvalue weighted by Crippen LogP contribution is 2.36. The fourth-order valence-electron chi connectivity index (χ4n) is 3.22. The van der Waals surface area contributed by atoms with Crippen LogP contribution >= 0.6 is 0 Å². The molecule has 0 aromatic heterocycles. The molecule has 0 amide bonds. The minimum atomic E-state index is -1.50. The van der Waals surface area contributed by atoms with E-state index in [2.05, 4.69) is 6.92 Å². The molecule has 6 heteroatoms. The summed E-state index contributed by atoms with van der Waals surface area (Å²) in [5.41, 5.74) is 0.325. The van der Waals surface area contributed by atoms with Gasteiger partial charge in [-0.2, -0.15) is 0 Å². The van der Waals surface area contributed by atoms with Gasteiger partial charge in [-0.15, -0.1) is 0 Å². The summed E-state index contributed by atoms with van der Waals surface area (Å²) in [5, 5.41) is 0. The van der Waals surface area contributed by atoms with Gasteiger partial charge >= 0.3 is 0 Å². The van der Waals surface area contributed by atoms with E-state index in [9.17, 15) is 13.8 Å². The number of benzene rings is 1. The molecule has 0 bridgehead atoms. The van der Waals surface area contributed by atoms with Gasteiger partial charge in [0.15, 0.2) is 5.78 Å². The van der Waals surface area contributed by atoms with E-state index in [1.165, 1.54) is 46.0 Å². The first-order chi connectivity index (χ1) is 13.0. The maximum absolute atomic E-state index is 12.9. The standard InChI is InChI=1S/C21H28O5S/c1-4-5-6-7-8-9-10-13-27(24)18-14-15(22)19-16(25-2)11-12-17(26-3)20(19)21(18)23/h11-12,14H,4-10,13H2,1-3H3. The zero-order valence-corrected chi connectivity index (χ0v) is 17.2. The first-order valence-electron chi connectivity index (χ1n) is 9.49. The Bertz CT molecular complexity index is 751. The Morgan fingerprint density at radius 2 is 1.41 bits per heavy atom. The van der Waals surface area contributed by atoms with Crippen molar-refractivity contribution in [2.75, 3.05) is 20.0 Å². The highest BCUT2D eigenvalue weighted by Gasteiger charge is 2.34. The Kier molecular flexibility index (Phi) is 8.23. The molecule has 1 aromatic carbocycles. The van der Waals surface area contributed by atoms with Crippen molar-refractivity contribution < 1.29 is 23.3 Å². The molecule has 0 heterocycles. The minimum absolute atomic E-state index is 0.0602. The number of allylic oxidation sites excluding steroid dienone is 2. The molecule has 0 fully saturated rings. The largest absolute Gasteiger partial charge is 0.496 e. The lowest BCUT2D eigenvalue weighted by Gasteiger charge is -2.19. The number of ether oxygens (including phenoxy) is 2. The number of Topliss-reactive ketones (excluding diaryl/α,β-unsaturated/α-hetero) is 1. The van der Waals surface area contributed by atoms with Crippen LogP contribution in [-0.2, 0) is 10.8 Å². The van der Waals surface area contributed by atoms with E-state index in [1.807, 2.05) is 0 Å². The first kappa shape index (κ1) is 21.4. The lowest BCUT2D eigenvalue weighted by atomic mass is 9.93. The van der Waals surface area contributed by atoms with Gasteiger partial charge in [-0.1, -0.05) is 45.4 Å². The van der Waals surface area contributed by atoms with Crippen LogP contribution in [0.4, 0.5) is 0 Å². The number of carbonyl (C=O) groups is 2. The van der Waals surface area contributed by atoms with Crippen molar-refractivity contribution in [1.82, 2.24) is 0 Å². The molecule has 2 rings (SSSR count). The van der Waals surface area contributed by atoms with Crippen molar-refractivity contribution in [3.05, 3.63) is 34.2 Å². The Balaban J connectivity index is 2.07. The van der Waals surface area contributed by atoms with Crippen LogP contribution in [-0.4, -0.2) is 35.7 Å². The Morgan fingerprint density at radius 3 is 2.00 bits per heavy atom. The number of fused-ring (bicyclic) bond motifs is 1. The summed E-state index contributed by atoms with van der Waals surface area (Å²) in [6, 6.07) is 3.18. The SMILES string of the molecule is CCCCCCCCCS(=O)C1=CC(=O)c2c(OC)ccc(OC)c2C1=O. The fourth-order valence-corrected chi connectivity index (χ4v) is 4.46. The molecule has 1 atom stereocenters. The second-order valence-electron chi connectivity index (χ2n) is 6.59. The average Bonchev–Trinajstić information content (AvgIpc) is 2.68. The molecule has 0 radical (unpaired) electrons. The normalized spacial score (nSPS) is 14.6. The number of methoxy groups -OCH3 is 2. The molecule has 148 valence electrons. The van der Waals surface area contributed by atoms with Gasteiger partial charge in [0.2, 0.25) is 5.78 Å². The summed E-state index contributed by atoms with van der Waals surface area (Å²) in [7, 11) is 1.38. The van der Waals surface area contributed by atoms with Gasteiger partial charge in [0.25, 0.3) is 0 Å². The highest BCUT2D eigenvalue weighted by atomic mass is 32.2. The van der Waals surface area contributed by atoms with Gasteiger partial charge in [0, 0.05) is 11.8 Å². The van der Waals surface area contributed by atoms with Crippen LogP contribution in [0.1, 0.15) is 72.6 Å². The lowest BCUT2D eigenvalue weighted by molar-refractivity contribution is 0.0985. The van der Waals surface area contributed by atoms with E-state index in [0.717, 1.165) is 19.3 Å². The molecule has 0 N–H and O–H groups in total. The molecule has 0 saturated heterocycles. The number of ketones is 2. The molecule has 1 aliphatic rings. The number of carbonyl (C=O) groups excluding carboxylic acids is 2. The predicted molar refractivity (Wildman–Crippen MR) is 107 cm³/mol. The van der Waals surface area contributed by atoms with Crippen molar-refractivity contribution in [2.45, 2.75) is 51.9 Å². The summed E-state index contributed by atoms with van der Waals surface area (Å²) >= 11 is 0. The smallest absolute Gasteiger partial charge is 0.206 e. The fraction of sp³-hybridized carbons (Fsp3) is 0.524. The molecule has 1 aliphatic carbocycles. The number of rotatable bonds is 11. The van der Waals surface area contributed by atoms with Gasteiger partial charge in [-0.05, 0) is 18.6 Å². The average molecular weight is 393 g/mol. The predicted octanol–water partition coefficient (Wildman–Crippen LogP) is 4.47. The molecular weight excluding hydrogens is 364 g/mol. The summed E-state index contributed by atoms with van der Waals surface area (Å²) in [5.74, 6) is 0.213. The van der Waals surface area contributed by atoms with Crippen LogP contribution in [0.15, 0.2) is 23.1 Å². The topological polar surface area (TPSA) is 69.7 Å². The van der Waals surface area contributed by atoms with Crippen molar-refractivity contribution in [2.24, 2.45) is 0 Å². The van der Waals surface area contributed by atoms with E-state index in [4.69, 9.17) is 9.47 Å². The minimum Gasteiger partial charge on any atom is -0.496 e. The Morgan fingerprint density at radius 1 is 0.852 bits per heavy atom. The van der Waals surface area contributed by atoms with Crippen LogP contribution in [0.3, 0.4) is 0 Å². The molecule has 0 saturated carbocycles. The zero-order chi connectivity index (χ0) is 19.8. The maximum Gasteiger partial charge on any atom is 0.206 e. The Hall–Kier alpha value is -1.95. The van der Waals surface area contributed by atoms with Crippen LogP contribution in [0.25, 0.3) is 0 Å². The molecule has 27 heavy (non-hydrogen) atoms. The zero-order valence-electron chi connectivity index (χ0n) is 16.3. The molecule has 1 aromatic rings. The summed E-state index contributed by atoms with van der Waals surface area (Å²) < 4.78 is 23.1. The van der Waals surface area contributed by atoms with Crippen molar-refractivity contribution in [3.63, 3.8) is 0 Å². The molecule has 0 spiro atoms. The summed E-state index contributed by atoms with van der Waals surface area (Å²) in [6.07, 6.45) is 8.95. The molecule has 5 nitrogen and oxygen atoms in total. The van der Waals surface area contributed by atoms with E-state index in [0.29, 0.717) is 17.3 Å². The monoisotopic (exact) mass is 392 g/mol. The van der Waals surface area contributed by atoms with Gasteiger partial charge in [-0.25, -0.2) is 0 Å². The number of unbranched alkanes of at least 4 members (excludes halogenated alkanes) is 6. The Labute approximate surface area is 163 Å². The van der Waals surface area contributed by atoms with Crippen molar-refractivity contribution in [1.29, 1.82) is 0 Å². The van der Waals surface area contributed by atoms with Crippen molar-refractivity contribution in [3.8, 4) is 11.5 Å². The second kappa shape index (κ2) is 10.4. The number of hydrogen-bond donors (Lipinski definition) is 0. The van der Waals surface area contributed by atoms with E-state index in [1.54, 1.807) is 12.1 Å². The second-order valence-corrected chi connectivity index (χ2v) is 8.13. The highest BCUT2D eigenvalue weighted by molar-refractivity contribution is 7.90. The van der Waals surface area contributed by atoms with Gasteiger partial charge in [-0.3, -0.25) is 13.8 Å². The van der Waals surface area contributed by atoms with E-state index < -0.39 is 16.6 Å². The van der Waals surface area contributed by atoms with E-state index in [-0.39, 0.29) is 21.8 Å². The van der Waals surface area contributed by atoms with Gasteiger partial charge < -0.3 is 9.47 Å². The maximum atomic E-state index is 12.9. The van der Waals surface area contributed by atoms with Crippen molar-refractivity contribution >= 4 is 22.4 Å². The third kappa shape index (κ3) is 5.06. The molecule has 0 aliphatic heterocycles. The van der Waals surface area contributed by atoms with Gasteiger partial charge in [0.05, 0.1) is 41.1 Å². The first-order valence-corrected chi connectivity index (χ1v) is 10.8. The quantitative estimate of drug-likeness (QED) is 0.520. The summed E-state index contributed by atoms with van der Waals surface area (Å²) in [4.78, 5) is 25.5. The van der Waals surface area contributed by atoms with E-state index >= 15 is 0 Å². The molecular formula is C21H28O5S. The third-order valence-electron chi connectivity index (χ3n) is 4.71.